The molecule has 0 spiro atoms. The molecule has 0 saturated heterocycles. The number of hydrogen-bond donors (Lipinski definition) is 1. The summed E-state index contributed by atoms with van der Waals surface area (Å²) in [6.45, 7) is 1.89. The van der Waals surface area contributed by atoms with Crippen LogP contribution in [-0.2, 0) is 0 Å². The van der Waals surface area contributed by atoms with Crippen LogP contribution < -0.4 is 5.32 Å². The second kappa shape index (κ2) is 6.01. The number of nitro groups is 1. The second-order valence-corrected chi connectivity index (χ2v) is 5.21. The van der Waals surface area contributed by atoms with Gasteiger partial charge in [-0.05, 0) is 46.6 Å². The van der Waals surface area contributed by atoms with Crippen molar-refractivity contribution < 1.29 is 14.1 Å². The Morgan fingerprint density at radius 3 is 2.62 bits per heavy atom. The molecule has 0 saturated carbocycles. The molecule has 0 aliphatic heterocycles. The van der Waals surface area contributed by atoms with Crippen LogP contribution in [0, 0.1) is 22.9 Å². The normalized spacial score (nSPS) is 10.2. The maximum Gasteiger partial charge on any atom is 0.270 e. The molecule has 0 fully saturated rings. The van der Waals surface area contributed by atoms with E-state index in [0.717, 1.165) is 23.8 Å². The highest BCUT2D eigenvalue weighted by Crippen LogP contribution is 2.25. The van der Waals surface area contributed by atoms with Crippen LogP contribution in [0.3, 0.4) is 0 Å². The Kier molecular flexibility index (Phi) is 4.32. The Bertz CT molecular complexity index is 734. The van der Waals surface area contributed by atoms with Gasteiger partial charge in [-0.3, -0.25) is 14.9 Å². The van der Waals surface area contributed by atoms with Gasteiger partial charge in [-0.2, -0.15) is 0 Å². The molecule has 7 heteroatoms. The van der Waals surface area contributed by atoms with Gasteiger partial charge in [0.2, 0.25) is 0 Å². The molecule has 1 amide bonds. The Balaban J connectivity index is 2.32. The van der Waals surface area contributed by atoms with Gasteiger partial charge in [-0.25, -0.2) is 4.39 Å². The van der Waals surface area contributed by atoms with Gasteiger partial charge < -0.3 is 5.32 Å². The number of nitro benzene ring substituents is 1. The summed E-state index contributed by atoms with van der Waals surface area (Å²) in [5, 5.41) is 13.2. The summed E-state index contributed by atoms with van der Waals surface area (Å²) in [4.78, 5) is 22.1. The van der Waals surface area contributed by atoms with Crippen LogP contribution in [0.25, 0.3) is 0 Å². The lowest BCUT2D eigenvalue weighted by Gasteiger charge is -2.08. The molecule has 5 nitrogen and oxygen atoms in total. The number of aryl methyl sites for hydroxylation is 1. The topological polar surface area (TPSA) is 72.2 Å². The van der Waals surface area contributed by atoms with Gasteiger partial charge in [-0.1, -0.05) is 6.07 Å². The first-order valence-electron chi connectivity index (χ1n) is 5.90. The average Bonchev–Trinajstić information content (AvgIpc) is 2.42. The van der Waals surface area contributed by atoms with E-state index in [1.807, 2.05) is 6.92 Å². The molecule has 0 bridgehead atoms. The number of carbonyl (C=O) groups excluding carboxylic acids is 1. The summed E-state index contributed by atoms with van der Waals surface area (Å²) in [7, 11) is 0. The van der Waals surface area contributed by atoms with Crippen LogP contribution in [0.1, 0.15) is 15.9 Å². The van der Waals surface area contributed by atoms with E-state index in [0.29, 0.717) is 10.2 Å². The minimum atomic E-state index is -0.818. The van der Waals surface area contributed by atoms with Gasteiger partial charge in [0.1, 0.15) is 5.82 Å². The highest BCUT2D eigenvalue weighted by Gasteiger charge is 2.17. The zero-order valence-electron chi connectivity index (χ0n) is 10.9. The molecular weight excluding hydrogens is 343 g/mol. The number of nitrogens with zero attached hydrogens (tertiary/aromatic N) is 1. The van der Waals surface area contributed by atoms with Crippen molar-refractivity contribution in [2.75, 3.05) is 5.32 Å². The SMILES string of the molecule is Cc1ccc(NC(=O)c2cc([N+](=O)[O-])ccc2F)c(Br)c1. The Hall–Kier alpha value is -2.28. The fourth-order valence-electron chi connectivity index (χ4n) is 1.71. The summed E-state index contributed by atoms with van der Waals surface area (Å²) in [5.74, 6) is -1.57. The quantitative estimate of drug-likeness (QED) is 0.668. The third-order valence-electron chi connectivity index (χ3n) is 2.78. The molecule has 0 heterocycles. The van der Waals surface area contributed by atoms with Crippen molar-refractivity contribution in [3.63, 3.8) is 0 Å². The molecule has 0 atom stereocenters. The summed E-state index contributed by atoms with van der Waals surface area (Å²) in [5.41, 5.74) is 0.721. The highest BCUT2D eigenvalue weighted by atomic mass is 79.9. The summed E-state index contributed by atoms with van der Waals surface area (Å²) < 4.78 is 14.3. The zero-order chi connectivity index (χ0) is 15.6. The largest absolute Gasteiger partial charge is 0.321 e. The molecule has 2 aromatic carbocycles. The Morgan fingerprint density at radius 2 is 2.00 bits per heavy atom. The van der Waals surface area contributed by atoms with E-state index in [1.165, 1.54) is 0 Å². The molecule has 2 rings (SSSR count). The number of anilines is 1. The van der Waals surface area contributed by atoms with Gasteiger partial charge in [0.25, 0.3) is 11.6 Å². The predicted molar refractivity (Wildman–Crippen MR) is 79.9 cm³/mol. The number of benzene rings is 2. The molecule has 0 aliphatic rings. The fourth-order valence-corrected chi connectivity index (χ4v) is 2.30. The van der Waals surface area contributed by atoms with E-state index < -0.39 is 16.6 Å². The first-order chi connectivity index (χ1) is 9.88. The minimum Gasteiger partial charge on any atom is -0.321 e. The number of carbonyl (C=O) groups is 1. The molecule has 108 valence electrons. The van der Waals surface area contributed by atoms with E-state index >= 15 is 0 Å². The van der Waals surface area contributed by atoms with Crippen molar-refractivity contribution in [3.05, 3.63) is 67.9 Å². The summed E-state index contributed by atoms with van der Waals surface area (Å²) in [6, 6.07) is 8.05. The van der Waals surface area contributed by atoms with Crippen LogP contribution in [0.15, 0.2) is 40.9 Å². The molecule has 0 unspecified atom stereocenters. The lowest BCUT2D eigenvalue weighted by molar-refractivity contribution is -0.384. The van der Waals surface area contributed by atoms with Gasteiger partial charge in [0.15, 0.2) is 0 Å². The van der Waals surface area contributed by atoms with Crippen molar-refractivity contribution in [2.45, 2.75) is 6.92 Å². The number of amides is 1. The Labute approximate surface area is 128 Å². The van der Waals surface area contributed by atoms with Crippen LogP contribution in [0.2, 0.25) is 0 Å². The Morgan fingerprint density at radius 1 is 1.29 bits per heavy atom. The molecule has 1 N–H and O–H groups in total. The number of nitrogens with one attached hydrogen (secondary N) is 1. The number of halogens is 2. The molecule has 0 radical (unpaired) electrons. The van der Waals surface area contributed by atoms with E-state index in [9.17, 15) is 19.3 Å². The maximum atomic E-state index is 13.7. The molecule has 0 aliphatic carbocycles. The van der Waals surface area contributed by atoms with Crippen LogP contribution in [0.5, 0.6) is 0 Å². The standard InChI is InChI=1S/C14H10BrFN2O3/c1-8-2-5-13(11(15)6-8)17-14(19)10-7-9(18(20)21)3-4-12(10)16/h2-7H,1H3,(H,17,19). The highest BCUT2D eigenvalue weighted by molar-refractivity contribution is 9.10. The van der Waals surface area contributed by atoms with E-state index in [4.69, 9.17) is 0 Å². The fraction of sp³-hybridized carbons (Fsp3) is 0.0714. The van der Waals surface area contributed by atoms with Crippen LogP contribution >= 0.6 is 15.9 Å². The monoisotopic (exact) mass is 352 g/mol. The summed E-state index contributed by atoms with van der Waals surface area (Å²) in [6.07, 6.45) is 0. The molecular formula is C14H10BrFN2O3. The van der Waals surface area contributed by atoms with Crippen molar-refractivity contribution >= 4 is 33.2 Å². The lowest BCUT2D eigenvalue weighted by Crippen LogP contribution is -2.14. The van der Waals surface area contributed by atoms with Crippen LogP contribution in [0.4, 0.5) is 15.8 Å². The van der Waals surface area contributed by atoms with Crippen molar-refractivity contribution in [1.82, 2.24) is 0 Å². The third-order valence-corrected chi connectivity index (χ3v) is 3.43. The van der Waals surface area contributed by atoms with Crippen LogP contribution in [-0.4, -0.2) is 10.8 Å². The third kappa shape index (κ3) is 3.43. The lowest BCUT2D eigenvalue weighted by atomic mass is 10.1. The molecule has 21 heavy (non-hydrogen) atoms. The van der Waals surface area contributed by atoms with Gasteiger partial charge >= 0.3 is 0 Å². The van der Waals surface area contributed by atoms with Crippen molar-refractivity contribution in [3.8, 4) is 0 Å². The minimum absolute atomic E-state index is 0.343. The maximum absolute atomic E-state index is 13.7. The zero-order valence-corrected chi connectivity index (χ0v) is 12.5. The number of hydrogen-bond acceptors (Lipinski definition) is 3. The first-order valence-corrected chi connectivity index (χ1v) is 6.69. The van der Waals surface area contributed by atoms with Crippen molar-refractivity contribution in [1.29, 1.82) is 0 Å². The number of non-ortho nitro benzene ring substituents is 1. The predicted octanol–water partition coefficient (Wildman–Crippen LogP) is 4.06. The van der Waals surface area contributed by atoms with E-state index in [2.05, 4.69) is 21.2 Å². The average molecular weight is 353 g/mol. The first kappa shape index (κ1) is 15.1. The van der Waals surface area contributed by atoms with Gasteiger partial charge in [0, 0.05) is 16.6 Å². The number of rotatable bonds is 3. The van der Waals surface area contributed by atoms with Gasteiger partial charge in [0.05, 0.1) is 16.2 Å². The van der Waals surface area contributed by atoms with Gasteiger partial charge in [-0.15, -0.1) is 0 Å². The molecule has 2 aromatic rings. The van der Waals surface area contributed by atoms with E-state index in [-0.39, 0.29) is 11.3 Å². The van der Waals surface area contributed by atoms with Crippen molar-refractivity contribution in [2.24, 2.45) is 0 Å². The smallest absolute Gasteiger partial charge is 0.270 e. The molecule has 0 aromatic heterocycles. The second-order valence-electron chi connectivity index (χ2n) is 4.36. The summed E-state index contributed by atoms with van der Waals surface area (Å²) >= 11 is 3.29. The van der Waals surface area contributed by atoms with E-state index in [1.54, 1.807) is 18.2 Å².